The molecule has 0 saturated carbocycles. The minimum atomic E-state index is -0.940. The fourth-order valence-electron chi connectivity index (χ4n) is 2.12. The van der Waals surface area contributed by atoms with Crippen LogP contribution in [0.2, 0.25) is 0 Å². The second kappa shape index (κ2) is 9.05. The second-order valence-electron chi connectivity index (χ2n) is 5.44. The van der Waals surface area contributed by atoms with Gasteiger partial charge >= 0.3 is 5.97 Å². The molecule has 1 aromatic carbocycles. The number of carbonyl (C=O) groups is 2. The van der Waals surface area contributed by atoms with Gasteiger partial charge in [0.1, 0.15) is 0 Å². The van der Waals surface area contributed by atoms with Gasteiger partial charge in [0.2, 0.25) is 0 Å². The molecule has 1 N–H and O–H groups in total. The molecule has 0 aliphatic carbocycles. The van der Waals surface area contributed by atoms with Crippen LogP contribution in [0.1, 0.15) is 17.4 Å². The molecule has 2 rings (SSSR count). The van der Waals surface area contributed by atoms with E-state index in [1.165, 1.54) is 38.6 Å². The van der Waals surface area contributed by atoms with Crippen molar-refractivity contribution in [2.75, 3.05) is 19.5 Å². The van der Waals surface area contributed by atoms with Crippen molar-refractivity contribution in [3.8, 4) is 11.5 Å². The first kappa shape index (κ1) is 19.5. The summed E-state index contributed by atoms with van der Waals surface area (Å²) < 4.78 is 15.5. The van der Waals surface area contributed by atoms with Crippen LogP contribution in [0.3, 0.4) is 0 Å². The van der Waals surface area contributed by atoms with Crippen molar-refractivity contribution in [1.82, 2.24) is 0 Å². The number of carbonyl (C=O) groups excluding carboxylic acids is 2. The summed E-state index contributed by atoms with van der Waals surface area (Å²) >= 11 is 1.53. The Bertz CT molecular complexity index is 812. The van der Waals surface area contributed by atoms with E-state index < -0.39 is 18.0 Å². The third-order valence-corrected chi connectivity index (χ3v) is 4.57. The molecule has 1 amide bonds. The summed E-state index contributed by atoms with van der Waals surface area (Å²) in [6, 6.07) is 6.95. The van der Waals surface area contributed by atoms with Gasteiger partial charge in [0, 0.05) is 22.7 Å². The Kier molecular flexibility index (Phi) is 6.80. The fourth-order valence-corrected chi connectivity index (χ4v) is 2.94. The van der Waals surface area contributed by atoms with Crippen LogP contribution in [-0.2, 0) is 14.3 Å². The van der Waals surface area contributed by atoms with Gasteiger partial charge in [0.15, 0.2) is 17.6 Å². The molecule has 1 atom stereocenters. The number of thiophene rings is 1. The fraction of sp³-hybridized carbons (Fsp3) is 0.263. The van der Waals surface area contributed by atoms with Gasteiger partial charge in [0.05, 0.1) is 14.2 Å². The normalized spacial score (nSPS) is 11.8. The molecule has 0 radical (unpaired) electrons. The number of rotatable bonds is 7. The number of esters is 1. The highest BCUT2D eigenvalue weighted by molar-refractivity contribution is 7.11. The van der Waals surface area contributed by atoms with E-state index in [2.05, 4.69) is 5.32 Å². The Labute approximate surface area is 156 Å². The number of nitrogens with one attached hydrogen (secondary N) is 1. The van der Waals surface area contributed by atoms with Gasteiger partial charge in [-0.25, -0.2) is 4.79 Å². The van der Waals surface area contributed by atoms with E-state index in [9.17, 15) is 9.59 Å². The summed E-state index contributed by atoms with van der Waals surface area (Å²) in [7, 11) is 3.04. The minimum absolute atomic E-state index is 0.439. The Morgan fingerprint density at radius 2 is 1.88 bits per heavy atom. The molecule has 0 saturated heterocycles. The Hall–Kier alpha value is -2.80. The number of hydrogen-bond donors (Lipinski definition) is 1. The van der Waals surface area contributed by atoms with Gasteiger partial charge in [0.25, 0.3) is 5.91 Å². The summed E-state index contributed by atoms with van der Waals surface area (Å²) in [5.74, 6) is 0.0298. The number of methoxy groups -OCH3 is 2. The molecular formula is C19H21NO5S. The molecule has 0 fully saturated rings. The summed E-state index contributed by atoms with van der Waals surface area (Å²) in [6.45, 7) is 3.47. The number of amides is 1. The molecule has 0 aliphatic heterocycles. The zero-order chi connectivity index (χ0) is 19.1. The molecule has 2 aromatic rings. The van der Waals surface area contributed by atoms with Crippen LogP contribution in [0.4, 0.5) is 5.69 Å². The summed E-state index contributed by atoms with van der Waals surface area (Å²) in [4.78, 5) is 25.1. The van der Waals surface area contributed by atoms with Gasteiger partial charge < -0.3 is 19.5 Å². The van der Waals surface area contributed by atoms with Crippen LogP contribution in [0, 0.1) is 6.92 Å². The van der Waals surface area contributed by atoms with Crippen LogP contribution >= 0.6 is 11.3 Å². The number of hydrogen-bond acceptors (Lipinski definition) is 6. The minimum Gasteiger partial charge on any atom is -0.493 e. The van der Waals surface area contributed by atoms with E-state index in [1.807, 2.05) is 18.4 Å². The molecular weight excluding hydrogens is 354 g/mol. The largest absolute Gasteiger partial charge is 0.493 e. The van der Waals surface area contributed by atoms with Crippen molar-refractivity contribution in [2.45, 2.75) is 20.0 Å². The van der Waals surface area contributed by atoms with E-state index in [-0.39, 0.29) is 0 Å². The first-order valence-corrected chi connectivity index (χ1v) is 8.78. The van der Waals surface area contributed by atoms with E-state index in [0.717, 1.165) is 10.4 Å². The summed E-state index contributed by atoms with van der Waals surface area (Å²) in [5.41, 5.74) is 1.60. The lowest BCUT2D eigenvalue weighted by atomic mass is 10.2. The van der Waals surface area contributed by atoms with Crippen LogP contribution in [0.15, 0.2) is 35.7 Å². The Balaban J connectivity index is 1.94. The average molecular weight is 375 g/mol. The zero-order valence-corrected chi connectivity index (χ0v) is 15.9. The molecule has 26 heavy (non-hydrogen) atoms. The summed E-state index contributed by atoms with van der Waals surface area (Å²) in [6.07, 6.45) is 2.06. The lowest BCUT2D eigenvalue weighted by Crippen LogP contribution is -2.29. The molecule has 138 valence electrons. The van der Waals surface area contributed by atoms with Crippen LogP contribution in [0.5, 0.6) is 11.5 Å². The lowest BCUT2D eigenvalue weighted by molar-refractivity contribution is -0.148. The van der Waals surface area contributed by atoms with Crippen molar-refractivity contribution in [3.63, 3.8) is 0 Å². The highest BCUT2D eigenvalue weighted by Gasteiger charge is 2.17. The third-order valence-electron chi connectivity index (χ3n) is 3.59. The van der Waals surface area contributed by atoms with E-state index >= 15 is 0 Å². The molecule has 0 spiro atoms. The zero-order valence-electron chi connectivity index (χ0n) is 15.1. The maximum Gasteiger partial charge on any atom is 0.331 e. The van der Waals surface area contributed by atoms with Gasteiger partial charge in [-0.05, 0) is 49.1 Å². The molecule has 1 aromatic heterocycles. The van der Waals surface area contributed by atoms with Crippen molar-refractivity contribution < 1.29 is 23.8 Å². The van der Waals surface area contributed by atoms with E-state index in [1.54, 1.807) is 24.3 Å². The van der Waals surface area contributed by atoms with E-state index in [0.29, 0.717) is 17.2 Å². The van der Waals surface area contributed by atoms with Crippen molar-refractivity contribution in [3.05, 3.63) is 46.2 Å². The van der Waals surface area contributed by atoms with Gasteiger partial charge in [-0.15, -0.1) is 11.3 Å². The predicted molar refractivity (Wildman–Crippen MR) is 102 cm³/mol. The molecule has 7 heteroatoms. The van der Waals surface area contributed by atoms with Crippen LogP contribution in [0.25, 0.3) is 6.08 Å². The molecule has 0 aliphatic rings. The molecule has 0 unspecified atom stereocenters. The first-order chi connectivity index (χ1) is 12.4. The van der Waals surface area contributed by atoms with E-state index in [4.69, 9.17) is 14.2 Å². The molecule has 0 bridgehead atoms. The smallest absolute Gasteiger partial charge is 0.331 e. The quantitative estimate of drug-likeness (QED) is 0.591. The molecule has 1 heterocycles. The number of benzene rings is 1. The SMILES string of the molecule is COc1ccc(NC(=O)[C@H](C)OC(=O)/C=C/c2sccc2C)cc1OC. The predicted octanol–water partition coefficient (Wildman–Crippen LogP) is 3.66. The standard InChI is InChI=1S/C19H21NO5S/c1-12-9-10-26-17(12)7-8-18(21)25-13(2)19(22)20-14-5-6-15(23-3)16(11-14)24-4/h5-11,13H,1-4H3,(H,20,22)/b8-7+/t13-/m0/s1. The molecule has 6 nitrogen and oxygen atoms in total. The van der Waals surface area contributed by atoms with Crippen LogP contribution < -0.4 is 14.8 Å². The number of ether oxygens (including phenoxy) is 3. The maximum atomic E-state index is 12.2. The third kappa shape index (κ3) is 5.10. The van der Waals surface area contributed by atoms with Crippen LogP contribution in [-0.4, -0.2) is 32.2 Å². The van der Waals surface area contributed by atoms with Gasteiger partial charge in [-0.2, -0.15) is 0 Å². The topological polar surface area (TPSA) is 73.9 Å². The van der Waals surface area contributed by atoms with Crippen molar-refractivity contribution >= 4 is 35.0 Å². The van der Waals surface area contributed by atoms with Gasteiger partial charge in [-0.3, -0.25) is 4.79 Å². The van der Waals surface area contributed by atoms with Gasteiger partial charge in [-0.1, -0.05) is 0 Å². The second-order valence-corrected chi connectivity index (χ2v) is 6.39. The monoisotopic (exact) mass is 375 g/mol. The highest BCUT2D eigenvalue weighted by Crippen LogP contribution is 2.29. The maximum absolute atomic E-state index is 12.2. The van der Waals surface area contributed by atoms with Crippen molar-refractivity contribution in [2.24, 2.45) is 0 Å². The number of aryl methyl sites for hydroxylation is 1. The average Bonchev–Trinajstić information content (AvgIpc) is 3.04. The van der Waals surface area contributed by atoms with Crippen molar-refractivity contribution in [1.29, 1.82) is 0 Å². The Morgan fingerprint density at radius 3 is 2.50 bits per heavy atom. The first-order valence-electron chi connectivity index (χ1n) is 7.90. The summed E-state index contributed by atoms with van der Waals surface area (Å²) in [5, 5.41) is 4.62. The highest BCUT2D eigenvalue weighted by atomic mass is 32.1. The number of anilines is 1. The lowest BCUT2D eigenvalue weighted by Gasteiger charge is -2.14. The Morgan fingerprint density at radius 1 is 1.15 bits per heavy atom.